The van der Waals surface area contributed by atoms with Crippen LogP contribution in [-0.4, -0.2) is 12.1 Å². The van der Waals surface area contributed by atoms with Gasteiger partial charge in [0, 0.05) is 0 Å². The Morgan fingerprint density at radius 3 is 2.19 bits per heavy atom. The minimum absolute atomic E-state index is 0.124. The molecule has 1 aliphatic rings. The highest BCUT2D eigenvalue weighted by atomic mass is 16.5. The fourth-order valence-electron chi connectivity index (χ4n) is 1.51. The zero-order chi connectivity index (χ0) is 11.8. The van der Waals surface area contributed by atoms with Gasteiger partial charge in [-0.15, -0.1) is 0 Å². The third kappa shape index (κ3) is 2.63. The van der Waals surface area contributed by atoms with Crippen molar-refractivity contribution in [3.05, 3.63) is 35.4 Å². The van der Waals surface area contributed by atoms with Gasteiger partial charge < -0.3 is 4.74 Å². The number of benzene rings is 1. The van der Waals surface area contributed by atoms with E-state index in [1.807, 2.05) is 24.3 Å². The molecule has 0 spiro atoms. The summed E-state index contributed by atoms with van der Waals surface area (Å²) in [6, 6.07) is 7.71. The number of hydrogen-bond acceptors (Lipinski definition) is 2. The van der Waals surface area contributed by atoms with Crippen molar-refractivity contribution in [2.24, 2.45) is 0 Å². The van der Waals surface area contributed by atoms with Gasteiger partial charge in [0.2, 0.25) is 0 Å². The van der Waals surface area contributed by atoms with Crippen LogP contribution in [-0.2, 0) is 10.2 Å². The molecule has 2 heteroatoms. The average molecular weight is 218 g/mol. The van der Waals surface area contributed by atoms with Gasteiger partial charge in [0.05, 0.1) is 5.56 Å². The molecule has 1 aliphatic carbocycles. The van der Waals surface area contributed by atoms with Crippen LogP contribution in [0.25, 0.3) is 0 Å². The SMILES string of the molecule is CC(C)(C)c1ccc(C(=O)OC2CC2)cc1. The molecular weight excluding hydrogens is 200 g/mol. The summed E-state index contributed by atoms with van der Waals surface area (Å²) in [6.45, 7) is 6.47. The Bertz CT molecular complexity index is 380. The number of rotatable bonds is 2. The average Bonchev–Trinajstić information content (AvgIpc) is 3.00. The van der Waals surface area contributed by atoms with E-state index in [1.54, 1.807) is 0 Å². The zero-order valence-electron chi connectivity index (χ0n) is 10.1. The number of hydrogen-bond donors (Lipinski definition) is 0. The molecule has 0 radical (unpaired) electrons. The molecule has 2 nitrogen and oxygen atoms in total. The molecular formula is C14H18O2. The molecule has 16 heavy (non-hydrogen) atoms. The van der Waals surface area contributed by atoms with Crippen molar-refractivity contribution in [1.29, 1.82) is 0 Å². The van der Waals surface area contributed by atoms with Crippen LogP contribution in [0.1, 0.15) is 49.5 Å². The van der Waals surface area contributed by atoms with E-state index in [-0.39, 0.29) is 17.5 Å². The molecule has 0 atom stereocenters. The van der Waals surface area contributed by atoms with Gasteiger partial charge in [-0.25, -0.2) is 4.79 Å². The number of carbonyl (C=O) groups excluding carboxylic acids is 1. The predicted molar refractivity (Wildman–Crippen MR) is 63.6 cm³/mol. The molecule has 2 rings (SSSR count). The van der Waals surface area contributed by atoms with Gasteiger partial charge in [-0.2, -0.15) is 0 Å². The van der Waals surface area contributed by atoms with Crippen LogP contribution in [0.5, 0.6) is 0 Å². The van der Waals surface area contributed by atoms with E-state index in [2.05, 4.69) is 20.8 Å². The first kappa shape index (κ1) is 11.2. The van der Waals surface area contributed by atoms with Crippen LogP contribution in [0.4, 0.5) is 0 Å². The van der Waals surface area contributed by atoms with E-state index in [4.69, 9.17) is 4.74 Å². The zero-order valence-corrected chi connectivity index (χ0v) is 10.1. The summed E-state index contributed by atoms with van der Waals surface area (Å²) in [5.41, 5.74) is 2.01. The maximum atomic E-state index is 11.6. The Kier molecular flexibility index (Phi) is 2.75. The van der Waals surface area contributed by atoms with Crippen LogP contribution in [0, 0.1) is 0 Å². The lowest BCUT2D eigenvalue weighted by Crippen LogP contribution is -2.12. The van der Waals surface area contributed by atoms with E-state index >= 15 is 0 Å². The van der Waals surface area contributed by atoms with Crippen LogP contribution in [0.15, 0.2) is 24.3 Å². The Morgan fingerprint density at radius 1 is 1.19 bits per heavy atom. The molecule has 0 N–H and O–H groups in total. The monoisotopic (exact) mass is 218 g/mol. The quantitative estimate of drug-likeness (QED) is 0.712. The van der Waals surface area contributed by atoms with Crippen molar-refractivity contribution in [3.63, 3.8) is 0 Å². The Balaban J connectivity index is 2.09. The van der Waals surface area contributed by atoms with E-state index in [9.17, 15) is 4.79 Å². The fraction of sp³-hybridized carbons (Fsp3) is 0.500. The minimum Gasteiger partial charge on any atom is -0.459 e. The lowest BCUT2D eigenvalue weighted by molar-refractivity contribution is 0.0472. The van der Waals surface area contributed by atoms with Crippen LogP contribution in [0.3, 0.4) is 0 Å². The van der Waals surface area contributed by atoms with Crippen molar-refractivity contribution in [2.45, 2.75) is 45.1 Å². The lowest BCUT2D eigenvalue weighted by Gasteiger charge is -2.18. The Hall–Kier alpha value is -1.31. The number of esters is 1. The molecule has 1 fully saturated rings. The van der Waals surface area contributed by atoms with Crippen molar-refractivity contribution in [1.82, 2.24) is 0 Å². The first-order valence-corrected chi connectivity index (χ1v) is 5.78. The summed E-state index contributed by atoms with van der Waals surface area (Å²) in [7, 11) is 0. The van der Waals surface area contributed by atoms with Gasteiger partial charge in [-0.3, -0.25) is 0 Å². The molecule has 0 saturated heterocycles. The smallest absolute Gasteiger partial charge is 0.338 e. The summed E-state index contributed by atoms with van der Waals surface area (Å²) in [4.78, 5) is 11.6. The molecule has 0 unspecified atom stereocenters. The summed E-state index contributed by atoms with van der Waals surface area (Å²) in [5.74, 6) is -0.192. The number of ether oxygens (including phenoxy) is 1. The second kappa shape index (κ2) is 3.93. The maximum absolute atomic E-state index is 11.6. The van der Waals surface area contributed by atoms with E-state index in [0.29, 0.717) is 5.56 Å². The summed E-state index contributed by atoms with van der Waals surface area (Å²) in [5, 5.41) is 0. The van der Waals surface area contributed by atoms with Gasteiger partial charge in [0.15, 0.2) is 0 Å². The van der Waals surface area contributed by atoms with Crippen LogP contribution < -0.4 is 0 Å². The summed E-state index contributed by atoms with van der Waals surface area (Å²) >= 11 is 0. The molecule has 86 valence electrons. The fourth-order valence-corrected chi connectivity index (χ4v) is 1.51. The second-order valence-electron chi connectivity index (χ2n) is 5.43. The van der Waals surface area contributed by atoms with Gasteiger partial charge in [-0.05, 0) is 36.0 Å². The van der Waals surface area contributed by atoms with Crippen LogP contribution in [0.2, 0.25) is 0 Å². The van der Waals surface area contributed by atoms with E-state index in [1.165, 1.54) is 5.56 Å². The normalized spacial score (nSPS) is 15.9. The highest BCUT2D eigenvalue weighted by Crippen LogP contribution is 2.26. The van der Waals surface area contributed by atoms with Gasteiger partial charge in [0.1, 0.15) is 6.10 Å². The second-order valence-corrected chi connectivity index (χ2v) is 5.43. The summed E-state index contributed by atoms with van der Waals surface area (Å²) in [6.07, 6.45) is 2.22. The Labute approximate surface area is 96.6 Å². The third-order valence-electron chi connectivity index (χ3n) is 2.78. The minimum atomic E-state index is -0.192. The molecule has 0 aromatic heterocycles. The largest absolute Gasteiger partial charge is 0.459 e. The van der Waals surface area contributed by atoms with Crippen molar-refractivity contribution in [3.8, 4) is 0 Å². The number of carbonyl (C=O) groups is 1. The lowest BCUT2D eigenvalue weighted by atomic mass is 9.87. The predicted octanol–water partition coefficient (Wildman–Crippen LogP) is 3.30. The van der Waals surface area contributed by atoms with E-state index in [0.717, 1.165) is 12.8 Å². The molecule has 0 bridgehead atoms. The standard InChI is InChI=1S/C14H18O2/c1-14(2,3)11-6-4-10(5-7-11)13(15)16-12-8-9-12/h4-7,12H,8-9H2,1-3H3. The van der Waals surface area contributed by atoms with Gasteiger partial charge >= 0.3 is 5.97 Å². The van der Waals surface area contributed by atoms with Crippen LogP contribution >= 0.6 is 0 Å². The highest BCUT2D eigenvalue weighted by molar-refractivity contribution is 5.89. The molecule has 0 heterocycles. The van der Waals surface area contributed by atoms with Crippen molar-refractivity contribution < 1.29 is 9.53 Å². The molecule has 0 amide bonds. The van der Waals surface area contributed by atoms with Gasteiger partial charge in [0.25, 0.3) is 0 Å². The molecule has 1 saturated carbocycles. The molecule has 0 aliphatic heterocycles. The third-order valence-corrected chi connectivity index (χ3v) is 2.78. The summed E-state index contributed by atoms with van der Waals surface area (Å²) < 4.78 is 5.23. The first-order valence-electron chi connectivity index (χ1n) is 5.78. The van der Waals surface area contributed by atoms with Gasteiger partial charge in [-0.1, -0.05) is 32.9 Å². The van der Waals surface area contributed by atoms with Crippen molar-refractivity contribution in [2.75, 3.05) is 0 Å². The highest BCUT2D eigenvalue weighted by Gasteiger charge is 2.26. The maximum Gasteiger partial charge on any atom is 0.338 e. The topological polar surface area (TPSA) is 26.3 Å². The first-order chi connectivity index (χ1) is 7.47. The van der Waals surface area contributed by atoms with Crippen molar-refractivity contribution >= 4 is 5.97 Å². The Morgan fingerprint density at radius 2 is 1.75 bits per heavy atom. The molecule has 1 aromatic rings. The van der Waals surface area contributed by atoms with E-state index < -0.39 is 0 Å². The molecule has 1 aromatic carbocycles.